The smallest absolute Gasteiger partial charge is 0.251 e. The number of rotatable bonds is 2. The van der Waals surface area contributed by atoms with Gasteiger partial charge in [0.2, 0.25) is 0 Å². The molecular formula is C17H15N3O. The fourth-order valence-electron chi connectivity index (χ4n) is 2.15. The number of nitrogens with two attached hydrogens (primary N) is 1. The van der Waals surface area contributed by atoms with E-state index in [0.29, 0.717) is 17.2 Å². The average molecular weight is 277 g/mol. The molecule has 0 spiro atoms. The Hall–Kier alpha value is -2.88. The number of aromatic nitrogens is 2. The molecule has 3 rings (SSSR count). The summed E-state index contributed by atoms with van der Waals surface area (Å²) in [5.74, 6) is 0.555. The van der Waals surface area contributed by atoms with Gasteiger partial charge in [0.25, 0.3) is 5.56 Å². The molecule has 3 aromatic rings. The standard InChI is InChI=1S/C17H15N3O/c1-11-5-7-12(8-6-11)17-19-15(10-16(21)20-17)13-3-2-4-14(18)9-13/h2-10H,18H2,1H3,(H,19,20,21). The lowest BCUT2D eigenvalue weighted by atomic mass is 10.1. The van der Waals surface area contributed by atoms with Crippen LogP contribution in [0, 0.1) is 6.92 Å². The highest BCUT2D eigenvalue weighted by molar-refractivity contribution is 5.66. The first-order valence-corrected chi connectivity index (χ1v) is 6.66. The van der Waals surface area contributed by atoms with Gasteiger partial charge in [-0.05, 0) is 19.1 Å². The molecule has 1 heterocycles. The van der Waals surface area contributed by atoms with Crippen molar-refractivity contribution in [2.75, 3.05) is 5.73 Å². The van der Waals surface area contributed by atoms with Crippen LogP contribution in [0.1, 0.15) is 5.56 Å². The lowest BCUT2D eigenvalue weighted by Crippen LogP contribution is -2.08. The minimum atomic E-state index is -0.182. The number of nitrogens with one attached hydrogen (secondary N) is 1. The summed E-state index contributed by atoms with van der Waals surface area (Å²) in [6.45, 7) is 2.02. The van der Waals surface area contributed by atoms with Crippen molar-refractivity contribution >= 4 is 5.69 Å². The molecule has 0 aliphatic heterocycles. The van der Waals surface area contributed by atoms with E-state index in [1.165, 1.54) is 6.07 Å². The summed E-state index contributed by atoms with van der Waals surface area (Å²) in [5.41, 5.74) is 9.73. The van der Waals surface area contributed by atoms with Gasteiger partial charge in [-0.15, -0.1) is 0 Å². The first-order valence-electron chi connectivity index (χ1n) is 6.66. The molecular weight excluding hydrogens is 262 g/mol. The fourth-order valence-corrected chi connectivity index (χ4v) is 2.15. The maximum absolute atomic E-state index is 11.9. The van der Waals surface area contributed by atoms with Crippen molar-refractivity contribution in [3.63, 3.8) is 0 Å². The van der Waals surface area contributed by atoms with Gasteiger partial charge >= 0.3 is 0 Å². The van der Waals surface area contributed by atoms with Gasteiger partial charge in [-0.2, -0.15) is 0 Å². The molecule has 0 aliphatic rings. The van der Waals surface area contributed by atoms with Gasteiger partial charge in [0, 0.05) is 22.9 Å². The van der Waals surface area contributed by atoms with Crippen molar-refractivity contribution in [2.45, 2.75) is 6.92 Å². The summed E-state index contributed by atoms with van der Waals surface area (Å²) in [6.07, 6.45) is 0. The zero-order valence-corrected chi connectivity index (χ0v) is 11.6. The van der Waals surface area contributed by atoms with Gasteiger partial charge in [-0.1, -0.05) is 42.0 Å². The second kappa shape index (κ2) is 5.25. The third-order valence-electron chi connectivity index (χ3n) is 3.25. The SMILES string of the molecule is Cc1ccc(-c2nc(-c3cccc(N)c3)cc(=O)[nH]2)cc1. The Labute approximate surface area is 122 Å². The van der Waals surface area contributed by atoms with Crippen LogP contribution in [0.15, 0.2) is 59.4 Å². The molecule has 0 bridgehead atoms. The predicted molar refractivity (Wildman–Crippen MR) is 84.9 cm³/mol. The second-order valence-corrected chi connectivity index (χ2v) is 4.97. The van der Waals surface area contributed by atoms with Crippen LogP contribution in [0.5, 0.6) is 0 Å². The second-order valence-electron chi connectivity index (χ2n) is 4.97. The average Bonchev–Trinajstić information content (AvgIpc) is 2.47. The Balaban J connectivity index is 2.12. The van der Waals surface area contributed by atoms with Gasteiger partial charge < -0.3 is 10.7 Å². The zero-order chi connectivity index (χ0) is 14.8. The minimum absolute atomic E-state index is 0.182. The van der Waals surface area contributed by atoms with E-state index < -0.39 is 0 Å². The number of hydrogen-bond donors (Lipinski definition) is 2. The summed E-state index contributed by atoms with van der Waals surface area (Å²) >= 11 is 0. The number of anilines is 1. The fraction of sp³-hybridized carbons (Fsp3) is 0.0588. The lowest BCUT2D eigenvalue weighted by Gasteiger charge is -2.06. The number of aromatic amines is 1. The molecule has 0 atom stereocenters. The number of hydrogen-bond acceptors (Lipinski definition) is 3. The third-order valence-corrected chi connectivity index (χ3v) is 3.25. The highest BCUT2D eigenvalue weighted by atomic mass is 16.1. The third kappa shape index (κ3) is 2.84. The molecule has 0 saturated heterocycles. The summed E-state index contributed by atoms with van der Waals surface area (Å²) in [7, 11) is 0. The van der Waals surface area contributed by atoms with E-state index in [4.69, 9.17) is 5.73 Å². The highest BCUT2D eigenvalue weighted by Gasteiger charge is 2.06. The molecule has 0 amide bonds. The molecule has 1 aromatic heterocycles. The number of nitrogen functional groups attached to an aromatic ring is 1. The van der Waals surface area contributed by atoms with Crippen LogP contribution in [0.2, 0.25) is 0 Å². The lowest BCUT2D eigenvalue weighted by molar-refractivity contribution is 1.13. The Morgan fingerprint density at radius 3 is 2.48 bits per heavy atom. The van der Waals surface area contributed by atoms with E-state index in [0.717, 1.165) is 16.7 Å². The van der Waals surface area contributed by atoms with Gasteiger partial charge in [0.1, 0.15) is 5.82 Å². The van der Waals surface area contributed by atoms with E-state index >= 15 is 0 Å². The van der Waals surface area contributed by atoms with Crippen LogP contribution >= 0.6 is 0 Å². The zero-order valence-electron chi connectivity index (χ0n) is 11.6. The van der Waals surface area contributed by atoms with Crippen LogP contribution in [-0.2, 0) is 0 Å². The topological polar surface area (TPSA) is 71.8 Å². The first-order chi connectivity index (χ1) is 10.1. The van der Waals surface area contributed by atoms with E-state index in [1.807, 2.05) is 43.3 Å². The van der Waals surface area contributed by atoms with Crippen LogP contribution in [0.3, 0.4) is 0 Å². The van der Waals surface area contributed by atoms with Crippen molar-refractivity contribution in [2.24, 2.45) is 0 Å². The molecule has 0 saturated carbocycles. The molecule has 4 heteroatoms. The van der Waals surface area contributed by atoms with E-state index in [2.05, 4.69) is 9.97 Å². The molecule has 0 unspecified atom stereocenters. The summed E-state index contributed by atoms with van der Waals surface area (Å²) in [5, 5.41) is 0. The van der Waals surface area contributed by atoms with Gasteiger partial charge in [-0.3, -0.25) is 4.79 Å². The van der Waals surface area contributed by atoms with Crippen LogP contribution in [-0.4, -0.2) is 9.97 Å². The minimum Gasteiger partial charge on any atom is -0.399 e. The van der Waals surface area contributed by atoms with Gasteiger partial charge in [-0.25, -0.2) is 4.98 Å². The Kier molecular flexibility index (Phi) is 3.28. The molecule has 0 fully saturated rings. The normalized spacial score (nSPS) is 10.5. The number of aryl methyl sites for hydroxylation is 1. The summed E-state index contributed by atoms with van der Waals surface area (Å²) in [4.78, 5) is 19.2. The molecule has 4 nitrogen and oxygen atoms in total. The summed E-state index contributed by atoms with van der Waals surface area (Å²) < 4.78 is 0. The van der Waals surface area contributed by atoms with Crippen molar-refractivity contribution < 1.29 is 0 Å². The number of benzene rings is 2. The monoisotopic (exact) mass is 277 g/mol. The van der Waals surface area contributed by atoms with Gasteiger partial charge in [0.15, 0.2) is 0 Å². The number of H-pyrrole nitrogens is 1. The maximum Gasteiger partial charge on any atom is 0.251 e. The molecule has 0 radical (unpaired) electrons. The maximum atomic E-state index is 11.9. The largest absolute Gasteiger partial charge is 0.399 e. The Morgan fingerprint density at radius 1 is 1.00 bits per heavy atom. The van der Waals surface area contributed by atoms with Crippen molar-refractivity contribution in [1.82, 2.24) is 9.97 Å². The molecule has 104 valence electrons. The molecule has 0 aliphatic carbocycles. The van der Waals surface area contributed by atoms with Crippen LogP contribution < -0.4 is 11.3 Å². The molecule has 3 N–H and O–H groups in total. The van der Waals surface area contributed by atoms with Gasteiger partial charge in [0.05, 0.1) is 5.69 Å². The quantitative estimate of drug-likeness (QED) is 0.707. The van der Waals surface area contributed by atoms with E-state index in [-0.39, 0.29) is 5.56 Å². The predicted octanol–water partition coefficient (Wildman–Crippen LogP) is 2.99. The van der Waals surface area contributed by atoms with Crippen LogP contribution in [0.4, 0.5) is 5.69 Å². The summed E-state index contributed by atoms with van der Waals surface area (Å²) in [6, 6.07) is 16.7. The van der Waals surface area contributed by atoms with Crippen molar-refractivity contribution in [3.8, 4) is 22.6 Å². The van der Waals surface area contributed by atoms with E-state index in [1.54, 1.807) is 12.1 Å². The highest BCUT2D eigenvalue weighted by Crippen LogP contribution is 2.21. The van der Waals surface area contributed by atoms with Crippen LogP contribution in [0.25, 0.3) is 22.6 Å². The first kappa shape index (κ1) is 13.1. The van der Waals surface area contributed by atoms with Crippen molar-refractivity contribution in [1.29, 1.82) is 0 Å². The Morgan fingerprint density at radius 2 is 1.76 bits per heavy atom. The molecule has 21 heavy (non-hydrogen) atoms. The molecule has 2 aromatic carbocycles. The Bertz CT molecular complexity index is 835. The van der Waals surface area contributed by atoms with Crippen molar-refractivity contribution in [3.05, 3.63) is 70.5 Å². The number of nitrogens with zero attached hydrogens (tertiary/aromatic N) is 1. The van der Waals surface area contributed by atoms with E-state index in [9.17, 15) is 4.79 Å².